The second-order valence-corrected chi connectivity index (χ2v) is 6.16. The van der Waals surface area contributed by atoms with E-state index in [0.29, 0.717) is 35.5 Å². The Morgan fingerprint density at radius 2 is 2.39 bits per heavy atom. The highest BCUT2D eigenvalue weighted by Gasteiger charge is 2.25. The van der Waals surface area contributed by atoms with Crippen molar-refractivity contribution in [3.05, 3.63) is 24.2 Å². The molecule has 0 saturated carbocycles. The molecule has 2 amide bonds. The fraction of sp³-hybridized carbons (Fsp3) is 0.429. The van der Waals surface area contributed by atoms with Crippen LogP contribution in [0.3, 0.4) is 0 Å². The van der Waals surface area contributed by atoms with Crippen LogP contribution in [0.25, 0.3) is 0 Å². The lowest BCUT2D eigenvalue weighted by molar-refractivity contribution is -0.120. The zero-order chi connectivity index (χ0) is 16.2. The minimum Gasteiger partial charge on any atom is -0.467 e. The first-order valence-corrected chi connectivity index (χ1v) is 8.09. The summed E-state index contributed by atoms with van der Waals surface area (Å²) in [6, 6.07) is 3.57. The van der Waals surface area contributed by atoms with E-state index in [1.165, 1.54) is 11.3 Å². The molecule has 3 heterocycles. The van der Waals surface area contributed by atoms with Crippen LogP contribution in [-0.4, -0.2) is 42.1 Å². The van der Waals surface area contributed by atoms with Gasteiger partial charge in [-0.25, -0.2) is 0 Å². The molecule has 23 heavy (non-hydrogen) atoms. The zero-order valence-corrected chi connectivity index (χ0v) is 13.5. The molecule has 122 valence electrons. The molecule has 0 aliphatic carbocycles. The van der Waals surface area contributed by atoms with Crippen LogP contribution >= 0.6 is 11.3 Å². The van der Waals surface area contributed by atoms with Gasteiger partial charge in [0.2, 0.25) is 22.1 Å². The summed E-state index contributed by atoms with van der Waals surface area (Å²) >= 11 is 1.31. The largest absolute Gasteiger partial charge is 0.467 e. The van der Waals surface area contributed by atoms with Crippen molar-refractivity contribution in [3.8, 4) is 0 Å². The number of carbonyl (C=O) groups is 2. The molecule has 3 rings (SSSR count). The molecule has 0 radical (unpaired) electrons. The standard InChI is InChI=1S/C14H17N5O3S/c1-18(9-11(20)15-8-10-4-3-7-22-10)13-16-17-14(23-13)19-6-2-5-12(19)21/h3-4,7H,2,5-6,8-9H2,1H3,(H,15,20). The SMILES string of the molecule is CN(CC(=O)NCc1ccco1)c1nnc(N2CCCC2=O)s1. The lowest BCUT2D eigenvalue weighted by Gasteiger charge is -2.14. The zero-order valence-electron chi connectivity index (χ0n) is 12.7. The third-order valence-corrected chi connectivity index (χ3v) is 4.52. The van der Waals surface area contributed by atoms with E-state index in [1.807, 2.05) is 0 Å². The smallest absolute Gasteiger partial charge is 0.239 e. The number of aromatic nitrogens is 2. The van der Waals surface area contributed by atoms with Gasteiger partial charge in [0.1, 0.15) is 5.76 Å². The Hall–Kier alpha value is -2.42. The number of anilines is 2. The van der Waals surface area contributed by atoms with Crippen LogP contribution in [0.1, 0.15) is 18.6 Å². The number of likely N-dealkylation sites (N-methyl/N-ethyl adjacent to an activating group) is 1. The van der Waals surface area contributed by atoms with Crippen molar-refractivity contribution in [2.75, 3.05) is 29.9 Å². The summed E-state index contributed by atoms with van der Waals surface area (Å²) in [5.74, 6) is 0.635. The Bertz CT molecular complexity index is 684. The first-order valence-electron chi connectivity index (χ1n) is 7.27. The molecule has 1 saturated heterocycles. The van der Waals surface area contributed by atoms with Gasteiger partial charge in [0.05, 0.1) is 19.4 Å². The molecule has 1 fully saturated rings. The lowest BCUT2D eigenvalue weighted by atomic mass is 10.4. The number of nitrogens with zero attached hydrogens (tertiary/aromatic N) is 4. The normalized spacial score (nSPS) is 14.3. The van der Waals surface area contributed by atoms with Gasteiger partial charge in [-0.2, -0.15) is 0 Å². The van der Waals surface area contributed by atoms with E-state index < -0.39 is 0 Å². The summed E-state index contributed by atoms with van der Waals surface area (Å²) in [5.41, 5.74) is 0. The summed E-state index contributed by atoms with van der Waals surface area (Å²) in [6.07, 6.45) is 2.97. The van der Waals surface area contributed by atoms with Crippen molar-refractivity contribution in [2.24, 2.45) is 0 Å². The second kappa shape index (κ2) is 6.78. The molecule has 2 aromatic heterocycles. The first-order chi connectivity index (χ1) is 11.1. The summed E-state index contributed by atoms with van der Waals surface area (Å²) < 4.78 is 5.16. The maximum atomic E-state index is 11.9. The van der Waals surface area contributed by atoms with Crippen LogP contribution in [0, 0.1) is 0 Å². The Labute approximate surface area is 137 Å². The first kappa shape index (κ1) is 15.5. The molecule has 0 spiro atoms. The minimum atomic E-state index is -0.141. The van der Waals surface area contributed by atoms with Gasteiger partial charge in [-0.3, -0.25) is 14.5 Å². The molecule has 0 unspecified atom stereocenters. The van der Waals surface area contributed by atoms with Crippen LogP contribution in [0.2, 0.25) is 0 Å². The molecular formula is C14H17N5O3S. The van der Waals surface area contributed by atoms with E-state index in [-0.39, 0.29) is 18.4 Å². The van der Waals surface area contributed by atoms with Crippen molar-refractivity contribution in [1.82, 2.24) is 15.5 Å². The Morgan fingerprint density at radius 3 is 3.09 bits per heavy atom. The van der Waals surface area contributed by atoms with Gasteiger partial charge < -0.3 is 14.6 Å². The van der Waals surface area contributed by atoms with E-state index in [9.17, 15) is 9.59 Å². The summed E-state index contributed by atoms with van der Waals surface area (Å²) in [6.45, 7) is 1.19. The molecule has 0 bridgehead atoms. The topological polar surface area (TPSA) is 91.6 Å². The molecule has 2 aromatic rings. The molecule has 0 atom stereocenters. The van der Waals surface area contributed by atoms with E-state index in [0.717, 1.165) is 6.42 Å². The summed E-state index contributed by atoms with van der Waals surface area (Å²) in [4.78, 5) is 27.0. The van der Waals surface area contributed by atoms with Crippen molar-refractivity contribution in [1.29, 1.82) is 0 Å². The van der Waals surface area contributed by atoms with Crippen LogP contribution < -0.4 is 15.1 Å². The van der Waals surface area contributed by atoms with Gasteiger partial charge >= 0.3 is 0 Å². The van der Waals surface area contributed by atoms with Crippen molar-refractivity contribution < 1.29 is 14.0 Å². The third kappa shape index (κ3) is 3.67. The molecule has 1 aliphatic rings. The number of hydrogen-bond donors (Lipinski definition) is 1. The number of carbonyl (C=O) groups excluding carboxylic acids is 2. The third-order valence-electron chi connectivity index (χ3n) is 3.46. The van der Waals surface area contributed by atoms with Crippen LogP contribution in [0.4, 0.5) is 10.3 Å². The van der Waals surface area contributed by atoms with Gasteiger partial charge in [-0.1, -0.05) is 11.3 Å². The van der Waals surface area contributed by atoms with Crippen LogP contribution in [-0.2, 0) is 16.1 Å². The predicted octanol–water partition coefficient (Wildman–Crippen LogP) is 1.01. The molecule has 1 aliphatic heterocycles. The Morgan fingerprint density at radius 1 is 1.52 bits per heavy atom. The predicted molar refractivity (Wildman–Crippen MR) is 85.3 cm³/mol. The van der Waals surface area contributed by atoms with E-state index >= 15 is 0 Å². The van der Waals surface area contributed by atoms with E-state index in [4.69, 9.17) is 4.42 Å². The van der Waals surface area contributed by atoms with Gasteiger partial charge in [-0.05, 0) is 18.6 Å². The monoisotopic (exact) mass is 335 g/mol. The fourth-order valence-electron chi connectivity index (χ4n) is 2.26. The van der Waals surface area contributed by atoms with E-state index in [1.54, 1.807) is 35.2 Å². The Balaban J connectivity index is 1.53. The lowest BCUT2D eigenvalue weighted by Crippen LogP contribution is -2.34. The number of nitrogens with one attached hydrogen (secondary N) is 1. The van der Waals surface area contributed by atoms with Crippen LogP contribution in [0.15, 0.2) is 22.8 Å². The maximum absolute atomic E-state index is 11.9. The molecule has 9 heteroatoms. The Kier molecular flexibility index (Phi) is 4.56. The van der Waals surface area contributed by atoms with Crippen molar-refractivity contribution >= 4 is 33.4 Å². The molecular weight excluding hydrogens is 318 g/mol. The number of rotatable bonds is 6. The van der Waals surface area contributed by atoms with E-state index in [2.05, 4.69) is 15.5 Å². The highest BCUT2D eigenvalue weighted by Crippen LogP contribution is 2.29. The summed E-state index contributed by atoms with van der Waals surface area (Å²) in [7, 11) is 1.77. The van der Waals surface area contributed by atoms with Crippen molar-refractivity contribution in [2.45, 2.75) is 19.4 Å². The average molecular weight is 335 g/mol. The number of amides is 2. The number of furan rings is 1. The molecule has 0 aromatic carbocycles. The van der Waals surface area contributed by atoms with Gasteiger partial charge in [-0.15, -0.1) is 10.2 Å². The van der Waals surface area contributed by atoms with Gasteiger partial charge in [0.25, 0.3) is 0 Å². The highest BCUT2D eigenvalue weighted by molar-refractivity contribution is 7.19. The van der Waals surface area contributed by atoms with Crippen LogP contribution in [0.5, 0.6) is 0 Å². The second-order valence-electron chi connectivity index (χ2n) is 5.23. The summed E-state index contributed by atoms with van der Waals surface area (Å²) in [5, 5.41) is 12.1. The fourth-order valence-corrected chi connectivity index (χ4v) is 3.11. The maximum Gasteiger partial charge on any atom is 0.239 e. The highest BCUT2D eigenvalue weighted by atomic mass is 32.1. The molecule has 1 N–H and O–H groups in total. The quantitative estimate of drug-likeness (QED) is 0.847. The van der Waals surface area contributed by atoms with Crippen molar-refractivity contribution in [3.63, 3.8) is 0 Å². The minimum absolute atomic E-state index is 0.0755. The molecule has 8 nitrogen and oxygen atoms in total. The van der Waals surface area contributed by atoms with Gasteiger partial charge in [0.15, 0.2) is 0 Å². The average Bonchev–Trinajstić information content (AvgIpc) is 3.26. The van der Waals surface area contributed by atoms with Gasteiger partial charge in [0, 0.05) is 20.0 Å². The number of hydrogen-bond acceptors (Lipinski definition) is 7.